The van der Waals surface area contributed by atoms with Gasteiger partial charge in [-0.3, -0.25) is 0 Å². The fourth-order valence-electron chi connectivity index (χ4n) is 5.73. The van der Waals surface area contributed by atoms with E-state index in [1.165, 1.54) is 22.5 Å². The number of nitrogens with zero attached hydrogens (tertiary/aromatic N) is 2. The van der Waals surface area contributed by atoms with E-state index in [0.29, 0.717) is 37.8 Å². The van der Waals surface area contributed by atoms with Crippen LogP contribution >= 0.6 is 0 Å². The molecule has 0 saturated carbocycles. The van der Waals surface area contributed by atoms with Gasteiger partial charge in [-0.25, -0.2) is 26.3 Å². The number of nitrogens with one attached hydrogen (secondary N) is 4. The van der Waals surface area contributed by atoms with E-state index in [0.717, 1.165) is 52.4 Å². The van der Waals surface area contributed by atoms with Crippen molar-refractivity contribution in [2.75, 3.05) is 86.8 Å². The summed E-state index contributed by atoms with van der Waals surface area (Å²) in [6.45, 7) is 9.36. The molecule has 0 amide bonds. The van der Waals surface area contributed by atoms with Crippen molar-refractivity contribution in [2.45, 2.75) is 24.7 Å². The summed E-state index contributed by atoms with van der Waals surface area (Å²) in [4.78, 5) is 4.76. The first kappa shape index (κ1) is 31.7. The van der Waals surface area contributed by atoms with E-state index in [9.17, 15) is 16.8 Å². The number of sulfonamides is 2. The van der Waals surface area contributed by atoms with Crippen molar-refractivity contribution in [3.8, 4) is 0 Å². The Balaban J connectivity index is 0.000000184. The molecule has 4 fully saturated rings. The van der Waals surface area contributed by atoms with Crippen LogP contribution in [0.25, 0.3) is 0 Å². The highest BCUT2D eigenvalue weighted by molar-refractivity contribution is 7.89. The predicted octanol–water partition coefficient (Wildman–Crippen LogP) is 0.181. The second-order valence-electron chi connectivity index (χ2n) is 11.0. The largest absolute Gasteiger partial charge is 0.412 e. The summed E-state index contributed by atoms with van der Waals surface area (Å²) in [6, 6.07) is 17.2. The summed E-state index contributed by atoms with van der Waals surface area (Å²) in [6.07, 6.45) is 1.42. The standard InChI is InChI=1S/2C14H21N3O2S.H2O/c2*18-20(19)10-5-13(11-16-20)12-1-3-14(4-2-12)17-8-6-15-7-9-17;/h2*1-4,13,15-16H,5-11H2;1H2. The fraction of sp³-hybridized carbons (Fsp3) is 0.571. The summed E-state index contributed by atoms with van der Waals surface area (Å²) in [5.74, 6) is 1.07. The molecular formula is C28H44N6O5S2. The van der Waals surface area contributed by atoms with E-state index in [2.05, 4.69) is 78.4 Å². The SMILES string of the molecule is O.O=S1(=O)CCC(c2ccc(N3CCNCC3)cc2)CN1.O=S1(=O)CCC(c2ccc(N3CCNCC3)cc2)CN1. The van der Waals surface area contributed by atoms with Gasteiger partial charge in [-0.05, 0) is 60.1 Å². The van der Waals surface area contributed by atoms with Crippen LogP contribution in [0.2, 0.25) is 0 Å². The smallest absolute Gasteiger partial charge is 0.211 e. The molecule has 6 N–H and O–H groups in total. The molecule has 4 aliphatic rings. The lowest BCUT2D eigenvalue weighted by Crippen LogP contribution is -2.43. The van der Waals surface area contributed by atoms with Crippen LogP contribution in [0.4, 0.5) is 11.4 Å². The third-order valence-electron chi connectivity index (χ3n) is 8.26. The lowest BCUT2D eigenvalue weighted by atomic mass is 9.96. The fourth-order valence-corrected chi connectivity index (χ4v) is 8.12. The molecule has 4 saturated heterocycles. The first-order valence-corrected chi connectivity index (χ1v) is 17.6. The summed E-state index contributed by atoms with van der Waals surface area (Å²) in [5, 5.41) is 6.70. The highest BCUT2D eigenvalue weighted by Gasteiger charge is 2.25. The van der Waals surface area contributed by atoms with Gasteiger partial charge in [0.2, 0.25) is 20.0 Å². The Morgan fingerprint density at radius 1 is 0.561 bits per heavy atom. The third-order valence-corrected chi connectivity index (χ3v) is 11.0. The van der Waals surface area contributed by atoms with Gasteiger partial charge in [0.1, 0.15) is 0 Å². The molecule has 2 aromatic rings. The number of benzene rings is 2. The minimum Gasteiger partial charge on any atom is -0.412 e. The molecule has 0 aromatic heterocycles. The van der Waals surface area contributed by atoms with E-state index in [1.807, 2.05) is 0 Å². The van der Waals surface area contributed by atoms with E-state index in [4.69, 9.17) is 0 Å². The first-order valence-electron chi connectivity index (χ1n) is 14.3. The third kappa shape index (κ3) is 8.87. The number of rotatable bonds is 4. The molecule has 0 spiro atoms. The second-order valence-corrected chi connectivity index (χ2v) is 14.8. The monoisotopic (exact) mass is 608 g/mol. The maximum Gasteiger partial charge on any atom is 0.211 e. The average molecular weight is 609 g/mol. The number of piperazine rings is 2. The lowest BCUT2D eigenvalue weighted by molar-refractivity contribution is 0.535. The lowest BCUT2D eigenvalue weighted by Gasteiger charge is -2.30. The number of hydrogen-bond acceptors (Lipinski definition) is 8. The summed E-state index contributed by atoms with van der Waals surface area (Å²) in [5.41, 5.74) is 4.97. The van der Waals surface area contributed by atoms with Crippen LogP contribution in [0.3, 0.4) is 0 Å². The Labute approximate surface area is 244 Å². The quantitative estimate of drug-likeness (QED) is 0.384. The first-order chi connectivity index (χ1) is 19.3. The van der Waals surface area contributed by atoms with Crippen molar-refractivity contribution in [3.63, 3.8) is 0 Å². The van der Waals surface area contributed by atoms with Crippen molar-refractivity contribution in [1.29, 1.82) is 0 Å². The Hall–Kier alpha value is -2.26. The van der Waals surface area contributed by atoms with Crippen LogP contribution in [0.5, 0.6) is 0 Å². The van der Waals surface area contributed by atoms with Gasteiger partial charge in [0, 0.05) is 76.8 Å². The van der Waals surface area contributed by atoms with Crippen LogP contribution in [0, 0.1) is 0 Å². The van der Waals surface area contributed by atoms with Gasteiger partial charge in [-0.15, -0.1) is 0 Å². The van der Waals surface area contributed by atoms with Crippen molar-refractivity contribution in [2.24, 2.45) is 0 Å². The minimum absolute atomic E-state index is 0. The minimum atomic E-state index is -3.01. The van der Waals surface area contributed by atoms with Crippen molar-refractivity contribution in [1.82, 2.24) is 20.1 Å². The van der Waals surface area contributed by atoms with E-state index in [1.54, 1.807) is 0 Å². The van der Waals surface area contributed by atoms with Gasteiger partial charge in [-0.1, -0.05) is 24.3 Å². The molecule has 228 valence electrons. The zero-order chi connectivity index (χ0) is 28.0. The number of hydrogen-bond donors (Lipinski definition) is 4. The maximum absolute atomic E-state index is 11.4. The normalized spacial score (nSPS) is 25.8. The zero-order valence-corrected chi connectivity index (χ0v) is 25.1. The summed E-state index contributed by atoms with van der Waals surface area (Å²) in [7, 11) is -6.03. The number of anilines is 2. The molecule has 0 aliphatic carbocycles. The average Bonchev–Trinajstić information content (AvgIpc) is 2.99. The zero-order valence-electron chi connectivity index (χ0n) is 23.5. The van der Waals surface area contributed by atoms with Gasteiger partial charge in [0.25, 0.3) is 0 Å². The van der Waals surface area contributed by atoms with Crippen LogP contribution in [-0.4, -0.2) is 99.3 Å². The molecule has 2 atom stereocenters. The van der Waals surface area contributed by atoms with Gasteiger partial charge < -0.3 is 25.9 Å². The Morgan fingerprint density at radius 2 is 0.902 bits per heavy atom. The van der Waals surface area contributed by atoms with Crippen LogP contribution in [0.15, 0.2) is 48.5 Å². The molecule has 4 heterocycles. The summed E-state index contributed by atoms with van der Waals surface area (Å²) >= 11 is 0. The second kappa shape index (κ2) is 14.3. The van der Waals surface area contributed by atoms with Gasteiger partial charge in [0.05, 0.1) is 11.5 Å². The Morgan fingerprint density at radius 3 is 1.20 bits per heavy atom. The molecule has 2 aromatic carbocycles. The molecule has 2 unspecified atom stereocenters. The molecule has 6 rings (SSSR count). The van der Waals surface area contributed by atoms with Gasteiger partial charge in [-0.2, -0.15) is 0 Å². The van der Waals surface area contributed by atoms with Crippen LogP contribution in [0.1, 0.15) is 35.8 Å². The molecule has 4 aliphatic heterocycles. The van der Waals surface area contributed by atoms with Crippen molar-refractivity contribution < 1.29 is 22.3 Å². The van der Waals surface area contributed by atoms with E-state index >= 15 is 0 Å². The van der Waals surface area contributed by atoms with Crippen molar-refractivity contribution >= 4 is 31.4 Å². The Kier molecular flexibility index (Phi) is 11.0. The maximum atomic E-state index is 11.4. The highest BCUT2D eigenvalue weighted by Crippen LogP contribution is 2.27. The molecule has 0 bridgehead atoms. The van der Waals surface area contributed by atoms with Gasteiger partial charge in [0.15, 0.2) is 0 Å². The molecule has 0 radical (unpaired) electrons. The molecule has 11 nitrogen and oxygen atoms in total. The topological polar surface area (TPSA) is 154 Å². The molecule has 41 heavy (non-hydrogen) atoms. The Bertz CT molecular complexity index is 1180. The highest BCUT2D eigenvalue weighted by atomic mass is 32.2. The van der Waals surface area contributed by atoms with Crippen LogP contribution in [-0.2, 0) is 20.0 Å². The van der Waals surface area contributed by atoms with Gasteiger partial charge >= 0.3 is 0 Å². The molecular weight excluding hydrogens is 564 g/mol. The summed E-state index contributed by atoms with van der Waals surface area (Å²) < 4.78 is 50.7. The van der Waals surface area contributed by atoms with E-state index in [-0.39, 0.29) is 17.0 Å². The van der Waals surface area contributed by atoms with E-state index < -0.39 is 20.0 Å². The van der Waals surface area contributed by atoms with Crippen LogP contribution < -0.4 is 29.9 Å². The predicted molar refractivity (Wildman–Crippen MR) is 165 cm³/mol. The van der Waals surface area contributed by atoms with Crippen molar-refractivity contribution in [3.05, 3.63) is 59.7 Å². The molecule has 13 heteroatoms.